The molecule has 0 aliphatic carbocycles. The van der Waals surface area contributed by atoms with E-state index < -0.39 is 23.8 Å². The summed E-state index contributed by atoms with van der Waals surface area (Å²) < 4.78 is 0. The lowest BCUT2D eigenvalue weighted by molar-refractivity contribution is -0.119. The van der Waals surface area contributed by atoms with Crippen molar-refractivity contribution in [2.24, 2.45) is 0 Å². The molecule has 2 N–H and O–H groups in total. The number of benzene rings is 3. The number of nitrogens with zero attached hydrogens (tertiary/aromatic N) is 2. The van der Waals surface area contributed by atoms with E-state index in [2.05, 4.69) is 15.5 Å². The van der Waals surface area contributed by atoms with Crippen LogP contribution in [0.1, 0.15) is 26.3 Å². The summed E-state index contributed by atoms with van der Waals surface area (Å²) in [5.41, 5.74) is 2.81. The Kier molecular flexibility index (Phi) is 4.55. The Hall–Kier alpha value is -4.26. The van der Waals surface area contributed by atoms with Crippen molar-refractivity contribution in [1.29, 1.82) is 0 Å². The Morgan fingerprint density at radius 3 is 2.32 bits per heavy atom. The van der Waals surface area contributed by atoms with Gasteiger partial charge in [0.1, 0.15) is 6.04 Å². The topological polar surface area (TPSA) is 95.2 Å². The molecule has 1 unspecified atom stereocenters. The Morgan fingerprint density at radius 1 is 0.935 bits per heavy atom. The molecule has 5 rings (SSSR count). The smallest absolute Gasteiger partial charge is 0.262 e. The molecule has 3 amide bonds. The summed E-state index contributed by atoms with van der Waals surface area (Å²) >= 11 is 0. The van der Waals surface area contributed by atoms with Crippen LogP contribution in [-0.4, -0.2) is 38.9 Å². The van der Waals surface area contributed by atoms with E-state index in [4.69, 9.17) is 0 Å². The highest BCUT2D eigenvalue weighted by molar-refractivity contribution is 6.23. The number of carbonyl (C=O) groups is 3. The summed E-state index contributed by atoms with van der Waals surface area (Å²) in [5.74, 6) is -1.35. The Balaban J connectivity index is 1.49. The number of hydrogen-bond acceptors (Lipinski definition) is 4. The first kappa shape index (κ1) is 18.7. The van der Waals surface area contributed by atoms with Gasteiger partial charge in [0.2, 0.25) is 5.91 Å². The molecule has 3 aromatic carbocycles. The van der Waals surface area contributed by atoms with Crippen LogP contribution in [-0.2, 0) is 11.2 Å². The van der Waals surface area contributed by atoms with Crippen LogP contribution in [0.3, 0.4) is 0 Å². The fourth-order valence-electron chi connectivity index (χ4n) is 3.87. The molecule has 7 nitrogen and oxygen atoms in total. The minimum Gasteiger partial charge on any atom is -0.324 e. The maximum absolute atomic E-state index is 13.3. The van der Waals surface area contributed by atoms with Crippen LogP contribution in [0.2, 0.25) is 0 Å². The van der Waals surface area contributed by atoms with Crippen molar-refractivity contribution in [2.45, 2.75) is 12.5 Å². The number of aromatic nitrogens is 2. The molecule has 1 aliphatic heterocycles. The normalized spacial score (nSPS) is 14.0. The first-order chi connectivity index (χ1) is 15.1. The van der Waals surface area contributed by atoms with Crippen LogP contribution in [0.4, 0.5) is 5.69 Å². The van der Waals surface area contributed by atoms with Crippen molar-refractivity contribution in [3.63, 3.8) is 0 Å². The molecular formula is C24H18N4O3. The molecular weight excluding hydrogens is 392 g/mol. The van der Waals surface area contributed by atoms with Crippen molar-refractivity contribution in [3.8, 4) is 0 Å². The fourth-order valence-corrected chi connectivity index (χ4v) is 3.87. The minimum absolute atomic E-state index is 0.213. The van der Waals surface area contributed by atoms with E-state index in [0.29, 0.717) is 16.8 Å². The number of aromatic amines is 1. The average Bonchev–Trinajstić information content (AvgIpc) is 3.36. The third-order valence-corrected chi connectivity index (χ3v) is 5.42. The monoisotopic (exact) mass is 410 g/mol. The maximum atomic E-state index is 13.3. The highest BCUT2D eigenvalue weighted by atomic mass is 16.2. The van der Waals surface area contributed by atoms with Crippen LogP contribution < -0.4 is 5.32 Å². The van der Waals surface area contributed by atoms with Crippen molar-refractivity contribution in [1.82, 2.24) is 15.1 Å². The summed E-state index contributed by atoms with van der Waals surface area (Å²) in [6, 6.07) is 20.3. The van der Waals surface area contributed by atoms with E-state index in [9.17, 15) is 14.4 Å². The Labute approximate surface area is 177 Å². The van der Waals surface area contributed by atoms with Gasteiger partial charge in [-0.1, -0.05) is 42.5 Å². The number of carbonyl (C=O) groups excluding carboxylic acids is 3. The SMILES string of the molecule is O=C(Nc1ccc2cn[nH]c2c1)C(Cc1ccccc1)N1C(=O)c2ccccc2C1=O. The van der Waals surface area contributed by atoms with Crippen LogP contribution >= 0.6 is 0 Å². The van der Waals surface area contributed by atoms with Crippen molar-refractivity contribution < 1.29 is 14.4 Å². The number of nitrogens with one attached hydrogen (secondary N) is 2. The second-order valence-corrected chi connectivity index (χ2v) is 7.39. The van der Waals surface area contributed by atoms with Gasteiger partial charge in [-0.05, 0) is 35.9 Å². The highest BCUT2D eigenvalue weighted by Crippen LogP contribution is 2.27. The second-order valence-electron chi connectivity index (χ2n) is 7.39. The van der Waals surface area contributed by atoms with Gasteiger partial charge in [0.25, 0.3) is 11.8 Å². The Bertz CT molecular complexity index is 1280. The van der Waals surface area contributed by atoms with Crippen molar-refractivity contribution in [3.05, 3.63) is 95.7 Å². The molecule has 152 valence electrons. The van der Waals surface area contributed by atoms with E-state index in [1.54, 1.807) is 42.6 Å². The predicted octanol–water partition coefficient (Wildman–Crippen LogP) is 3.41. The molecule has 0 saturated carbocycles. The molecule has 4 aromatic rings. The largest absolute Gasteiger partial charge is 0.324 e. The summed E-state index contributed by atoms with van der Waals surface area (Å²) in [6.45, 7) is 0. The van der Waals surface area contributed by atoms with Crippen molar-refractivity contribution >= 4 is 34.3 Å². The van der Waals surface area contributed by atoms with Gasteiger partial charge in [0.15, 0.2) is 0 Å². The third-order valence-electron chi connectivity index (χ3n) is 5.42. The zero-order valence-electron chi connectivity index (χ0n) is 16.4. The zero-order chi connectivity index (χ0) is 21.4. The van der Waals surface area contributed by atoms with Crippen LogP contribution in [0.5, 0.6) is 0 Å². The summed E-state index contributed by atoms with van der Waals surface area (Å²) in [5, 5.41) is 10.6. The maximum Gasteiger partial charge on any atom is 0.262 e. The molecule has 0 bridgehead atoms. The number of rotatable bonds is 5. The van der Waals surface area contributed by atoms with E-state index in [1.807, 2.05) is 36.4 Å². The number of H-pyrrole nitrogens is 1. The van der Waals surface area contributed by atoms with Crippen LogP contribution in [0.15, 0.2) is 79.0 Å². The van der Waals surface area contributed by atoms with Gasteiger partial charge in [-0.15, -0.1) is 0 Å². The van der Waals surface area contributed by atoms with Gasteiger partial charge < -0.3 is 5.32 Å². The zero-order valence-corrected chi connectivity index (χ0v) is 16.4. The molecule has 1 atom stereocenters. The van der Waals surface area contributed by atoms with E-state index >= 15 is 0 Å². The number of amides is 3. The molecule has 0 fully saturated rings. The minimum atomic E-state index is -0.993. The first-order valence-corrected chi connectivity index (χ1v) is 9.86. The molecule has 0 radical (unpaired) electrons. The number of anilines is 1. The van der Waals surface area contributed by atoms with E-state index in [-0.39, 0.29) is 6.42 Å². The molecule has 1 aromatic heterocycles. The number of imide groups is 1. The molecule has 0 spiro atoms. The predicted molar refractivity (Wildman–Crippen MR) is 116 cm³/mol. The summed E-state index contributed by atoms with van der Waals surface area (Å²) in [6.07, 6.45) is 1.91. The van der Waals surface area contributed by atoms with Gasteiger partial charge in [-0.25, -0.2) is 0 Å². The van der Waals surface area contributed by atoms with Gasteiger partial charge >= 0.3 is 0 Å². The lowest BCUT2D eigenvalue weighted by atomic mass is 10.0. The lowest BCUT2D eigenvalue weighted by Crippen LogP contribution is -2.48. The van der Waals surface area contributed by atoms with Crippen LogP contribution in [0.25, 0.3) is 10.9 Å². The first-order valence-electron chi connectivity index (χ1n) is 9.86. The van der Waals surface area contributed by atoms with Gasteiger partial charge in [-0.2, -0.15) is 5.10 Å². The highest BCUT2D eigenvalue weighted by Gasteiger charge is 2.42. The molecule has 7 heteroatoms. The third kappa shape index (κ3) is 3.36. The molecule has 0 saturated heterocycles. The lowest BCUT2D eigenvalue weighted by Gasteiger charge is -2.25. The Morgan fingerprint density at radius 2 is 1.61 bits per heavy atom. The van der Waals surface area contributed by atoms with Gasteiger partial charge in [0, 0.05) is 17.5 Å². The molecule has 2 heterocycles. The number of hydrogen-bond donors (Lipinski definition) is 2. The van der Waals surface area contributed by atoms with E-state index in [1.165, 1.54) is 0 Å². The molecule has 31 heavy (non-hydrogen) atoms. The average molecular weight is 410 g/mol. The fraction of sp³-hybridized carbons (Fsp3) is 0.0833. The quantitative estimate of drug-likeness (QED) is 0.493. The summed E-state index contributed by atoms with van der Waals surface area (Å²) in [7, 11) is 0. The molecule has 1 aliphatic rings. The summed E-state index contributed by atoms with van der Waals surface area (Å²) in [4.78, 5) is 40.5. The standard InChI is InChI=1S/C24H18N4O3/c29-22(26-17-11-10-16-14-25-27-20(16)13-17)21(12-15-6-2-1-3-7-15)28-23(30)18-8-4-5-9-19(18)24(28)31/h1-11,13-14,21H,12H2,(H,25,27)(H,26,29). The van der Waals surface area contributed by atoms with E-state index in [0.717, 1.165) is 21.4 Å². The van der Waals surface area contributed by atoms with Crippen LogP contribution in [0, 0.1) is 0 Å². The van der Waals surface area contributed by atoms with Crippen molar-refractivity contribution in [2.75, 3.05) is 5.32 Å². The second kappa shape index (κ2) is 7.53. The van der Waals surface area contributed by atoms with Gasteiger partial charge in [0.05, 0.1) is 22.8 Å². The number of fused-ring (bicyclic) bond motifs is 2. The van der Waals surface area contributed by atoms with Gasteiger partial charge in [-0.3, -0.25) is 24.4 Å².